The van der Waals surface area contributed by atoms with Gasteiger partial charge in [0, 0.05) is 29.7 Å². The molecule has 98 valence electrons. The summed E-state index contributed by atoms with van der Waals surface area (Å²) in [5.74, 6) is 0. The van der Waals surface area contributed by atoms with Gasteiger partial charge < -0.3 is 5.73 Å². The van der Waals surface area contributed by atoms with Crippen LogP contribution in [0.3, 0.4) is 0 Å². The Balaban J connectivity index is 3.19. The van der Waals surface area contributed by atoms with Crippen LogP contribution < -0.4 is 5.73 Å². The van der Waals surface area contributed by atoms with Gasteiger partial charge in [0.15, 0.2) is 0 Å². The zero-order chi connectivity index (χ0) is 13.8. The summed E-state index contributed by atoms with van der Waals surface area (Å²) in [6.07, 6.45) is 0.160. The lowest BCUT2D eigenvalue weighted by molar-refractivity contribution is 0.434. The van der Waals surface area contributed by atoms with Crippen molar-refractivity contribution < 1.29 is 8.42 Å². The number of nitriles is 1. The molecule has 5 nitrogen and oxygen atoms in total. The zero-order valence-corrected chi connectivity index (χ0v) is 12.3. The van der Waals surface area contributed by atoms with Gasteiger partial charge in [-0.25, -0.2) is 8.42 Å². The van der Waals surface area contributed by atoms with Gasteiger partial charge in [0.1, 0.15) is 0 Å². The summed E-state index contributed by atoms with van der Waals surface area (Å²) in [6, 6.07) is 6.57. The van der Waals surface area contributed by atoms with Crippen LogP contribution in [-0.4, -0.2) is 25.8 Å². The van der Waals surface area contributed by atoms with Crippen molar-refractivity contribution in [1.29, 1.82) is 5.26 Å². The molecule has 0 fully saturated rings. The van der Waals surface area contributed by atoms with E-state index in [-0.39, 0.29) is 17.9 Å². The molecular formula is C11H14BrN3O2S. The first-order valence-corrected chi connectivity index (χ1v) is 7.59. The van der Waals surface area contributed by atoms with E-state index in [0.29, 0.717) is 16.7 Å². The molecular weight excluding hydrogens is 318 g/mol. The van der Waals surface area contributed by atoms with Gasteiger partial charge in [0.05, 0.1) is 11.0 Å². The van der Waals surface area contributed by atoms with Gasteiger partial charge >= 0.3 is 0 Å². The summed E-state index contributed by atoms with van der Waals surface area (Å²) >= 11 is 3.21. The first kappa shape index (κ1) is 15.0. The number of benzene rings is 1. The molecule has 0 unspecified atom stereocenters. The molecule has 0 saturated carbocycles. The maximum atomic E-state index is 12.4. The Morgan fingerprint density at radius 3 is 2.72 bits per heavy atom. The highest BCUT2D eigenvalue weighted by Crippen LogP contribution is 2.27. The molecule has 0 bridgehead atoms. The molecule has 1 rings (SSSR count). The van der Waals surface area contributed by atoms with Crippen molar-refractivity contribution in [2.75, 3.05) is 18.8 Å². The molecule has 0 aliphatic rings. The van der Waals surface area contributed by atoms with Crippen LogP contribution in [0.1, 0.15) is 13.3 Å². The minimum atomic E-state index is -3.62. The van der Waals surface area contributed by atoms with Crippen LogP contribution in [0.2, 0.25) is 0 Å². The Labute approximate surface area is 115 Å². The molecule has 0 aliphatic carbocycles. The SMILES string of the molecule is CCN(CCC#N)S(=O)(=O)c1cc(N)ccc1Br. The van der Waals surface area contributed by atoms with E-state index < -0.39 is 10.0 Å². The lowest BCUT2D eigenvalue weighted by atomic mass is 10.3. The molecule has 0 radical (unpaired) electrons. The van der Waals surface area contributed by atoms with Crippen molar-refractivity contribution in [2.24, 2.45) is 0 Å². The van der Waals surface area contributed by atoms with Gasteiger partial charge in [-0.3, -0.25) is 0 Å². The Hall–Kier alpha value is -1.10. The number of hydrogen-bond donors (Lipinski definition) is 1. The first-order chi connectivity index (χ1) is 8.43. The van der Waals surface area contributed by atoms with Crippen LogP contribution in [-0.2, 0) is 10.0 Å². The second kappa shape index (κ2) is 6.18. The van der Waals surface area contributed by atoms with Crippen LogP contribution in [0.25, 0.3) is 0 Å². The lowest BCUT2D eigenvalue weighted by Crippen LogP contribution is -2.32. The number of rotatable bonds is 5. The minimum Gasteiger partial charge on any atom is -0.399 e. The van der Waals surface area contributed by atoms with Crippen molar-refractivity contribution in [3.05, 3.63) is 22.7 Å². The summed E-state index contributed by atoms with van der Waals surface area (Å²) in [5, 5.41) is 8.54. The zero-order valence-electron chi connectivity index (χ0n) is 9.93. The molecule has 0 saturated heterocycles. The summed E-state index contributed by atoms with van der Waals surface area (Å²) in [6.45, 7) is 2.22. The first-order valence-electron chi connectivity index (χ1n) is 5.35. The third kappa shape index (κ3) is 3.22. The number of anilines is 1. The van der Waals surface area contributed by atoms with Gasteiger partial charge in [-0.15, -0.1) is 0 Å². The van der Waals surface area contributed by atoms with Crippen LogP contribution in [0, 0.1) is 11.3 Å². The van der Waals surface area contributed by atoms with E-state index in [0.717, 1.165) is 0 Å². The molecule has 7 heteroatoms. The average Bonchev–Trinajstić information content (AvgIpc) is 2.33. The predicted octanol–water partition coefficient (Wildman–Crippen LogP) is 1.96. The van der Waals surface area contributed by atoms with Crippen molar-refractivity contribution in [2.45, 2.75) is 18.2 Å². The summed E-state index contributed by atoms with van der Waals surface area (Å²) in [4.78, 5) is 0.127. The summed E-state index contributed by atoms with van der Waals surface area (Å²) < 4.78 is 26.5. The molecule has 1 aromatic carbocycles. The number of nitrogens with two attached hydrogens (primary N) is 1. The van der Waals surface area contributed by atoms with Crippen molar-refractivity contribution >= 4 is 31.6 Å². The minimum absolute atomic E-state index is 0.127. The molecule has 0 aliphatic heterocycles. The molecule has 0 atom stereocenters. The smallest absolute Gasteiger partial charge is 0.244 e. The average molecular weight is 332 g/mol. The summed E-state index contributed by atoms with van der Waals surface area (Å²) in [7, 11) is -3.62. The molecule has 0 amide bonds. The van der Waals surface area contributed by atoms with Crippen LogP contribution in [0.5, 0.6) is 0 Å². The van der Waals surface area contributed by atoms with Gasteiger partial charge in [0.25, 0.3) is 0 Å². The molecule has 0 aromatic heterocycles. The van der Waals surface area contributed by atoms with Crippen LogP contribution in [0.4, 0.5) is 5.69 Å². The maximum Gasteiger partial charge on any atom is 0.244 e. The Kier molecular flexibility index (Phi) is 5.14. The Morgan fingerprint density at radius 1 is 1.50 bits per heavy atom. The number of nitrogens with zero attached hydrogens (tertiary/aromatic N) is 2. The maximum absolute atomic E-state index is 12.4. The monoisotopic (exact) mass is 331 g/mol. The molecule has 2 N–H and O–H groups in total. The fourth-order valence-corrected chi connectivity index (χ4v) is 3.89. The highest BCUT2D eigenvalue weighted by atomic mass is 79.9. The van der Waals surface area contributed by atoms with E-state index in [9.17, 15) is 8.42 Å². The van der Waals surface area contributed by atoms with Crippen LogP contribution in [0.15, 0.2) is 27.6 Å². The van der Waals surface area contributed by atoms with Gasteiger partial charge in [0.2, 0.25) is 10.0 Å². The normalized spacial score (nSPS) is 11.4. The lowest BCUT2D eigenvalue weighted by Gasteiger charge is -2.20. The second-order valence-electron chi connectivity index (χ2n) is 3.59. The quantitative estimate of drug-likeness (QED) is 0.835. The van der Waals surface area contributed by atoms with Gasteiger partial charge in [-0.2, -0.15) is 9.57 Å². The van der Waals surface area contributed by atoms with Crippen molar-refractivity contribution in [3.63, 3.8) is 0 Å². The van der Waals surface area contributed by atoms with E-state index in [1.165, 1.54) is 10.4 Å². The van der Waals surface area contributed by atoms with Crippen molar-refractivity contribution in [1.82, 2.24) is 4.31 Å². The third-order valence-corrected chi connectivity index (χ3v) is 5.37. The topological polar surface area (TPSA) is 87.2 Å². The summed E-state index contributed by atoms with van der Waals surface area (Å²) in [5.41, 5.74) is 5.99. The van der Waals surface area contributed by atoms with Crippen LogP contribution >= 0.6 is 15.9 Å². The van der Waals surface area contributed by atoms with E-state index >= 15 is 0 Å². The number of hydrogen-bond acceptors (Lipinski definition) is 4. The van der Waals surface area contributed by atoms with E-state index in [4.69, 9.17) is 11.0 Å². The van der Waals surface area contributed by atoms with Gasteiger partial charge in [-0.05, 0) is 34.1 Å². The largest absolute Gasteiger partial charge is 0.399 e. The Bertz CT molecular complexity index is 566. The molecule has 0 heterocycles. The molecule has 0 spiro atoms. The fourth-order valence-electron chi connectivity index (χ4n) is 1.48. The Morgan fingerprint density at radius 2 is 2.17 bits per heavy atom. The highest BCUT2D eigenvalue weighted by molar-refractivity contribution is 9.10. The standard InChI is InChI=1S/C11H14BrN3O2S/c1-2-15(7-3-6-13)18(16,17)11-8-9(14)4-5-10(11)12/h4-5,8H,2-3,7,14H2,1H3. The van der Waals surface area contributed by atoms with E-state index in [1.54, 1.807) is 19.1 Å². The highest BCUT2D eigenvalue weighted by Gasteiger charge is 2.25. The van der Waals surface area contributed by atoms with E-state index in [2.05, 4.69) is 15.9 Å². The predicted molar refractivity (Wildman–Crippen MR) is 73.2 cm³/mol. The number of sulfonamides is 1. The third-order valence-electron chi connectivity index (χ3n) is 2.40. The fraction of sp³-hybridized carbons (Fsp3) is 0.364. The van der Waals surface area contributed by atoms with E-state index in [1.807, 2.05) is 6.07 Å². The molecule has 1 aromatic rings. The van der Waals surface area contributed by atoms with Gasteiger partial charge in [-0.1, -0.05) is 6.92 Å². The number of nitrogen functional groups attached to an aromatic ring is 1. The molecule has 18 heavy (non-hydrogen) atoms. The number of halogens is 1. The van der Waals surface area contributed by atoms with Crippen molar-refractivity contribution in [3.8, 4) is 6.07 Å². The second-order valence-corrected chi connectivity index (χ2v) is 6.36.